The van der Waals surface area contributed by atoms with Crippen molar-refractivity contribution in [3.8, 4) is 0 Å². The molecular weight excluding hydrogens is 238 g/mol. The van der Waals surface area contributed by atoms with Crippen molar-refractivity contribution < 1.29 is 9.90 Å². The van der Waals surface area contributed by atoms with Gasteiger partial charge in [0.1, 0.15) is 0 Å². The molecule has 0 heterocycles. The highest BCUT2D eigenvalue weighted by Gasteiger charge is 2.24. The molecule has 0 aromatic heterocycles. The van der Waals surface area contributed by atoms with E-state index in [9.17, 15) is 4.79 Å². The third-order valence-corrected chi connectivity index (χ3v) is 3.65. The topological polar surface area (TPSA) is 49.3 Å². The lowest BCUT2D eigenvalue weighted by atomic mass is 9.77. The number of carboxylic acids is 1. The van der Waals surface area contributed by atoms with Crippen LogP contribution in [-0.4, -0.2) is 17.6 Å². The van der Waals surface area contributed by atoms with Gasteiger partial charge in [-0.05, 0) is 41.8 Å². The maximum absolute atomic E-state index is 10.8. The van der Waals surface area contributed by atoms with E-state index < -0.39 is 5.97 Å². The van der Waals surface area contributed by atoms with E-state index in [1.54, 1.807) is 12.1 Å². The summed E-state index contributed by atoms with van der Waals surface area (Å²) in [6.07, 6.45) is 1.12. The first kappa shape index (κ1) is 11.8. The Hall–Kier alpha value is -2.29. The molecular formula is C16H15NO2. The number of carbonyl (C=O) groups is 1. The van der Waals surface area contributed by atoms with Crippen LogP contribution in [0.2, 0.25) is 0 Å². The Morgan fingerprint density at radius 2 is 1.89 bits per heavy atom. The molecule has 2 N–H and O–H groups in total. The second-order valence-electron chi connectivity index (χ2n) is 4.86. The molecule has 1 unspecified atom stereocenters. The van der Waals surface area contributed by atoms with Crippen LogP contribution in [0.25, 0.3) is 0 Å². The number of hydrogen-bond donors (Lipinski definition) is 2. The van der Waals surface area contributed by atoms with Crippen LogP contribution in [-0.2, 0) is 6.42 Å². The maximum atomic E-state index is 10.8. The molecule has 3 rings (SSSR count). The summed E-state index contributed by atoms with van der Waals surface area (Å²) in [7, 11) is 0. The van der Waals surface area contributed by atoms with Gasteiger partial charge in [0.25, 0.3) is 0 Å². The molecule has 0 saturated heterocycles. The molecule has 1 aliphatic carbocycles. The van der Waals surface area contributed by atoms with Crippen LogP contribution in [0, 0.1) is 0 Å². The van der Waals surface area contributed by atoms with Gasteiger partial charge in [-0.15, -0.1) is 0 Å². The van der Waals surface area contributed by atoms with Crippen LogP contribution in [0.15, 0.2) is 48.5 Å². The minimum absolute atomic E-state index is 0.319. The summed E-state index contributed by atoms with van der Waals surface area (Å²) in [5.74, 6) is -0.324. The van der Waals surface area contributed by atoms with Gasteiger partial charge < -0.3 is 10.4 Å². The molecule has 0 spiro atoms. The number of rotatable bonds is 4. The number of aromatic carboxylic acids is 1. The molecule has 0 aliphatic heterocycles. The minimum Gasteiger partial charge on any atom is -0.478 e. The summed E-state index contributed by atoms with van der Waals surface area (Å²) >= 11 is 0. The molecule has 0 saturated carbocycles. The highest BCUT2D eigenvalue weighted by Crippen LogP contribution is 2.34. The average molecular weight is 253 g/mol. The third kappa shape index (κ3) is 2.32. The highest BCUT2D eigenvalue weighted by atomic mass is 16.4. The molecule has 19 heavy (non-hydrogen) atoms. The van der Waals surface area contributed by atoms with E-state index in [2.05, 4.69) is 29.6 Å². The largest absolute Gasteiger partial charge is 0.478 e. The summed E-state index contributed by atoms with van der Waals surface area (Å²) in [5, 5.41) is 12.2. The van der Waals surface area contributed by atoms with Gasteiger partial charge in [-0.2, -0.15) is 0 Å². The highest BCUT2D eigenvalue weighted by molar-refractivity contribution is 5.87. The summed E-state index contributed by atoms with van der Waals surface area (Å²) < 4.78 is 0. The monoisotopic (exact) mass is 253 g/mol. The van der Waals surface area contributed by atoms with E-state index >= 15 is 0 Å². The first-order chi connectivity index (χ1) is 9.24. The molecule has 0 fully saturated rings. The van der Waals surface area contributed by atoms with Gasteiger partial charge >= 0.3 is 5.97 Å². The zero-order valence-corrected chi connectivity index (χ0v) is 10.5. The van der Waals surface area contributed by atoms with Crippen molar-refractivity contribution in [3.05, 3.63) is 65.2 Å². The van der Waals surface area contributed by atoms with Crippen molar-refractivity contribution in [1.82, 2.24) is 0 Å². The first-order valence-corrected chi connectivity index (χ1v) is 6.39. The third-order valence-electron chi connectivity index (χ3n) is 3.65. The molecule has 3 nitrogen and oxygen atoms in total. The molecule has 2 aromatic rings. The van der Waals surface area contributed by atoms with Gasteiger partial charge in [-0.25, -0.2) is 4.79 Å². The summed E-state index contributed by atoms with van der Waals surface area (Å²) in [6.45, 7) is 0.892. The summed E-state index contributed by atoms with van der Waals surface area (Å²) in [5.41, 5.74) is 4.15. The van der Waals surface area contributed by atoms with Crippen molar-refractivity contribution >= 4 is 11.7 Å². The van der Waals surface area contributed by atoms with Crippen LogP contribution in [0.5, 0.6) is 0 Å². The number of benzene rings is 2. The quantitative estimate of drug-likeness (QED) is 0.880. The number of fused-ring (bicyclic) bond motifs is 1. The molecule has 2 aromatic carbocycles. The van der Waals surface area contributed by atoms with E-state index in [0.717, 1.165) is 18.7 Å². The molecule has 3 heteroatoms. The van der Waals surface area contributed by atoms with Gasteiger partial charge in [-0.3, -0.25) is 0 Å². The summed E-state index contributed by atoms with van der Waals surface area (Å²) in [6, 6.07) is 15.4. The lowest BCUT2D eigenvalue weighted by Crippen LogP contribution is -2.24. The second kappa shape index (κ2) is 4.76. The number of carboxylic acid groups (broad SMARTS) is 1. The first-order valence-electron chi connectivity index (χ1n) is 6.39. The Bertz CT molecular complexity index is 604. The second-order valence-corrected chi connectivity index (χ2v) is 4.86. The van der Waals surface area contributed by atoms with Crippen LogP contribution in [0.4, 0.5) is 5.69 Å². The van der Waals surface area contributed by atoms with Gasteiger partial charge in [0, 0.05) is 18.2 Å². The smallest absolute Gasteiger partial charge is 0.335 e. The standard InChI is InChI=1S/C16H15NO2/c18-16(19)11-5-7-14(8-6-11)17-10-13-9-12-3-1-2-4-15(12)13/h1-8,13,17H,9-10H2,(H,18,19). The van der Waals surface area contributed by atoms with Crippen LogP contribution < -0.4 is 5.32 Å². The van der Waals surface area contributed by atoms with Crippen molar-refractivity contribution in [3.63, 3.8) is 0 Å². The Morgan fingerprint density at radius 3 is 2.58 bits per heavy atom. The molecule has 0 radical (unpaired) electrons. The van der Waals surface area contributed by atoms with Crippen molar-refractivity contribution in [1.29, 1.82) is 0 Å². The molecule has 1 aliphatic rings. The number of nitrogens with one attached hydrogen (secondary N) is 1. The van der Waals surface area contributed by atoms with Crippen LogP contribution >= 0.6 is 0 Å². The van der Waals surface area contributed by atoms with E-state index in [1.807, 2.05) is 12.1 Å². The van der Waals surface area contributed by atoms with E-state index in [1.165, 1.54) is 11.1 Å². The normalized spacial score (nSPS) is 16.3. The Balaban J connectivity index is 1.60. The zero-order chi connectivity index (χ0) is 13.2. The van der Waals surface area contributed by atoms with E-state index in [-0.39, 0.29) is 0 Å². The van der Waals surface area contributed by atoms with Crippen molar-refractivity contribution in [2.75, 3.05) is 11.9 Å². The molecule has 1 atom stereocenters. The Kier molecular flexibility index (Phi) is 2.95. The average Bonchev–Trinajstić information content (AvgIpc) is 2.40. The van der Waals surface area contributed by atoms with E-state index in [4.69, 9.17) is 5.11 Å². The lowest BCUT2D eigenvalue weighted by molar-refractivity contribution is 0.0697. The van der Waals surface area contributed by atoms with Gasteiger partial charge in [0.05, 0.1) is 5.56 Å². The predicted octanol–water partition coefficient (Wildman–Crippen LogP) is 3.14. The van der Waals surface area contributed by atoms with Crippen LogP contribution in [0.3, 0.4) is 0 Å². The summed E-state index contributed by atoms with van der Waals surface area (Å²) in [4.78, 5) is 10.8. The maximum Gasteiger partial charge on any atom is 0.335 e. The van der Waals surface area contributed by atoms with Crippen molar-refractivity contribution in [2.45, 2.75) is 12.3 Å². The lowest BCUT2D eigenvalue weighted by Gasteiger charge is -2.30. The fourth-order valence-electron chi connectivity index (χ4n) is 2.52. The van der Waals surface area contributed by atoms with Gasteiger partial charge in [0.15, 0.2) is 0 Å². The Morgan fingerprint density at radius 1 is 1.16 bits per heavy atom. The predicted molar refractivity (Wildman–Crippen MR) is 74.8 cm³/mol. The van der Waals surface area contributed by atoms with Gasteiger partial charge in [0.2, 0.25) is 0 Å². The molecule has 0 bridgehead atoms. The molecule has 0 amide bonds. The fourth-order valence-corrected chi connectivity index (χ4v) is 2.52. The minimum atomic E-state index is -0.889. The molecule has 96 valence electrons. The zero-order valence-electron chi connectivity index (χ0n) is 10.5. The van der Waals surface area contributed by atoms with E-state index in [0.29, 0.717) is 11.5 Å². The Labute approximate surface area is 111 Å². The fraction of sp³-hybridized carbons (Fsp3) is 0.188. The number of hydrogen-bond acceptors (Lipinski definition) is 2. The van der Waals surface area contributed by atoms with Gasteiger partial charge in [-0.1, -0.05) is 24.3 Å². The number of anilines is 1. The SMILES string of the molecule is O=C(O)c1ccc(NCC2Cc3ccccc32)cc1. The van der Waals surface area contributed by atoms with Crippen molar-refractivity contribution in [2.24, 2.45) is 0 Å². The van der Waals surface area contributed by atoms with Crippen LogP contribution in [0.1, 0.15) is 27.4 Å².